The fourth-order valence-corrected chi connectivity index (χ4v) is 3.97. The Kier molecular flexibility index (Phi) is 6.80. The van der Waals surface area contributed by atoms with Gasteiger partial charge in [-0.25, -0.2) is 9.98 Å². The lowest BCUT2D eigenvalue weighted by Gasteiger charge is -2.14. The van der Waals surface area contributed by atoms with Crippen molar-refractivity contribution in [3.8, 4) is 0 Å². The number of hydrogen-bond acceptors (Lipinski definition) is 4. The van der Waals surface area contributed by atoms with E-state index in [4.69, 9.17) is 4.98 Å². The Morgan fingerprint density at radius 1 is 1.25 bits per heavy atom. The molecule has 0 aromatic carbocycles. The van der Waals surface area contributed by atoms with Crippen LogP contribution in [0.3, 0.4) is 0 Å². The normalized spacial score (nSPS) is 12.5. The zero-order chi connectivity index (χ0) is 17.6. The van der Waals surface area contributed by atoms with Crippen LogP contribution in [-0.4, -0.2) is 24.0 Å². The molecule has 0 fully saturated rings. The van der Waals surface area contributed by atoms with Crippen molar-refractivity contribution in [3.05, 3.63) is 38.0 Å². The van der Waals surface area contributed by atoms with E-state index in [1.807, 2.05) is 0 Å². The fraction of sp³-hybridized carbons (Fsp3) is 0.556. The summed E-state index contributed by atoms with van der Waals surface area (Å²) in [6.07, 6.45) is 0.920. The van der Waals surface area contributed by atoms with Gasteiger partial charge in [0, 0.05) is 35.2 Å². The average Bonchev–Trinajstić information content (AvgIpc) is 3.13. The highest BCUT2D eigenvalue weighted by Gasteiger charge is 2.17. The standard InChI is InChI=1S/C18H28N4S2/c1-6-19-17(21-11-14-13(2)8-10-23-14)20-9-7-16-22-15(12-24-16)18(3,4)5/h8,10,12H,6-7,9,11H2,1-5H3,(H2,19,20,21). The van der Waals surface area contributed by atoms with Crippen LogP contribution in [0.4, 0.5) is 0 Å². The predicted octanol–water partition coefficient (Wildman–Crippen LogP) is 4.11. The van der Waals surface area contributed by atoms with Crippen molar-refractivity contribution in [3.63, 3.8) is 0 Å². The van der Waals surface area contributed by atoms with Gasteiger partial charge in [0.1, 0.15) is 0 Å². The third-order valence-corrected chi connectivity index (χ3v) is 5.56. The monoisotopic (exact) mass is 364 g/mol. The summed E-state index contributed by atoms with van der Waals surface area (Å²) in [6.45, 7) is 13.3. The van der Waals surface area contributed by atoms with Crippen molar-refractivity contribution in [1.82, 2.24) is 15.6 Å². The number of hydrogen-bond donors (Lipinski definition) is 2. The highest BCUT2D eigenvalue weighted by molar-refractivity contribution is 7.10. The molecule has 0 bridgehead atoms. The van der Waals surface area contributed by atoms with Gasteiger partial charge in [-0.1, -0.05) is 20.8 Å². The van der Waals surface area contributed by atoms with Crippen molar-refractivity contribution in [2.24, 2.45) is 4.99 Å². The summed E-state index contributed by atoms with van der Waals surface area (Å²) in [5.74, 6) is 0.873. The number of rotatable bonds is 6. The number of aryl methyl sites for hydroxylation is 1. The molecule has 0 saturated carbocycles. The van der Waals surface area contributed by atoms with E-state index in [1.165, 1.54) is 21.1 Å². The maximum atomic E-state index is 4.74. The van der Waals surface area contributed by atoms with Crippen molar-refractivity contribution in [2.45, 2.75) is 53.0 Å². The Bertz CT molecular complexity index is 665. The SMILES string of the molecule is CCNC(=NCc1sccc1C)NCCc1nc(C(C)(C)C)cs1. The van der Waals surface area contributed by atoms with E-state index in [0.717, 1.165) is 32.0 Å². The lowest BCUT2D eigenvalue weighted by atomic mass is 9.93. The summed E-state index contributed by atoms with van der Waals surface area (Å²) in [7, 11) is 0. The van der Waals surface area contributed by atoms with Crippen molar-refractivity contribution in [1.29, 1.82) is 0 Å². The summed E-state index contributed by atoms with van der Waals surface area (Å²) in [5.41, 5.74) is 2.62. The number of nitrogens with zero attached hydrogens (tertiary/aromatic N) is 2. The number of aromatic nitrogens is 1. The maximum Gasteiger partial charge on any atom is 0.191 e. The molecule has 0 aliphatic carbocycles. The lowest BCUT2D eigenvalue weighted by Crippen LogP contribution is -2.38. The maximum absolute atomic E-state index is 4.74. The first-order valence-electron chi connectivity index (χ1n) is 8.40. The van der Waals surface area contributed by atoms with Crippen molar-refractivity contribution >= 4 is 28.6 Å². The lowest BCUT2D eigenvalue weighted by molar-refractivity contribution is 0.570. The Labute approximate surface area is 153 Å². The van der Waals surface area contributed by atoms with E-state index in [-0.39, 0.29) is 5.41 Å². The molecule has 0 spiro atoms. The first-order valence-corrected chi connectivity index (χ1v) is 10.2. The number of aliphatic imine (C=N–C) groups is 1. The summed E-state index contributed by atoms with van der Waals surface area (Å²) in [6, 6.07) is 2.14. The van der Waals surface area contributed by atoms with Gasteiger partial charge in [-0.2, -0.15) is 0 Å². The van der Waals surface area contributed by atoms with E-state index >= 15 is 0 Å². The zero-order valence-corrected chi connectivity index (χ0v) is 16.9. The molecule has 2 aromatic rings. The van der Waals surface area contributed by atoms with E-state index < -0.39 is 0 Å². The van der Waals surface area contributed by atoms with E-state index in [0.29, 0.717) is 0 Å². The van der Waals surface area contributed by atoms with Gasteiger partial charge in [0.25, 0.3) is 0 Å². The Hall–Kier alpha value is -1.40. The summed E-state index contributed by atoms with van der Waals surface area (Å²) in [4.78, 5) is 10.7. The molecule has 0 aliphatic rings. The van der Waals surface area contributed by atoms with Gasteiger partial charge >= 0.3 is 0 Å². The highest BCUT2D eigenvalue weighted by Crippen LogP contribution is 2.23. The molecule has 6 heteroatoms. The molecule has 24 heavy (non-hydrogen) atoms. The van der Waals surface area contributed by atoms with Gasteiger partial charge in [-0.3, -0.25) is 0 Å². The van der Waals surface area contributed by atoms with Crippen LogP contribution < -0.4 is 10.6 Å². The minimum atomic E-state index is 0.122. The Morgan fingerprint density at radius 3 is 2.62 bits per heavy atom. The molecule has 4 nitrogen and oxygen atoms in total. The van der Waals surface area contributed by atoms with E-state index in [2.05, 4.69) is 67.1 Å². The van der Waals surface area contributed by atoms with Crippen LogP contribution >= 0.6 is 22.7 Å². The second kappa shape index (κ2) is 8.62. The molecule has 2 heterocycles. The number of thiophene rings is 1. The summed E-state index contributed by atoms with van der Waals surface area (Å²) < 4.78 is 0. The molecule has 0 aliphatic heterocycles. The highest BCUT2D eigenvalue weighted by atomic mass is 32.1. The first-order chi connectivity index (χ1) is 11.4. The van der Waals surface area contributed by atoms with Gasteiger partial charge in [0.05, 0.1) is 17.2 Å². The molecule has 2 N–H and O–H groups in total. The molecule has 0 amide bonds. The average molecular weight is 365 g/mol. The van der Waals surface area contributed by atoms with Gasteiger partial charge < -0.3 is 10.6 Å². The minimum absolute atomic E-state index is 0.122. The van der Waals surface area contributed by atoms with Crippen LogP contribution in [0.5, 0.6) is 0 Å². The van der Waals surface area contributed by atoms with E-state index in [9.17, 15) is 0 Å². The van der Waals surface area contributed by atoms with Crippen LogP contribution in [0.25, 0.3) is 0 Å². The number of guanidine groups is 1. The van der Waals surface area contributed by atoms with Crippen LogP contribution in [0.15, 0.2) is 21.8 Å². The molecule has 2 aromatic heterocycles. The van der Waals surface area contributed by atoms with Gasteiger partial charge in [0.2, 0.25) is 0 Å². The molecule has 0 saturated heterocycles. The van der Waals surface area contributed by atoms with E-state index in [1.54, 1.807) is 22.7 Å². The summed E-state index contributed by atoms with van der Waals surface area (Å²) in [5, 5.41) is 12.2. The molecule has 0 atom stereocenters. The van der Waals surface area contributed by atoms with Gasteiger partial charge in [0.15, 0.2) is 5.96 Å². The van der Waals surface area contributed by atoms with Crippen molar-refractivity contribution < 1.29 is 0 Å². The Balaban J connectivity index is 1.87. The van der Waals surface area contributed by atoms with Gasteiger partial charge in [-0.05, 0) is 30.9 Å². The number of thiazole rings is 1. The third-order valence-electron chi connectivity index (χ3n) is 3.64. The molecule has 2 rings (SSSR count). The topological polar surface area (TPSA) is 49.3 Å². The van der Waals surface area contributed by atoms with Crippen LogP contribution in [0, 0.1) is 6.92 Å². The third kappa shape index (κ3) is 5.60. The molecule has 0 unspecified atom stereocenters. The molecular weight excluding hydrogens is 336 g/mol. The molecule has 0 radical (unpaired) electrons. The quantitative estimate of drug-likeness (QED) is 0.599. The van der Waals surface area contributed by atoms with Crippen LogP contribution in [0.1, 0.15) is 48.8 Å². The fourth-order valence-electron chi connectivity index (χ4n) is 2.12. The van der Waals surface area contributed by atoms with Crippen molar-refractivity contribution in [2.75, 3.05) is 13.1 Å². The Morgan fingerprint density at radius 2 is 2.04 bits per heavy atom. The first kappa shape index (κ1) is 18.9. The molecular formula is C18H28N4S2. The largest absolute Gasteiger partial charge is 0.357 e. The number of nitrogens with one attached hydrogen (secondary N) is 2. The minimum Gasteiger partial charge on any atom is -0.357 e. The van der Waals surface area contributed by atoms with Crippen LogP contribution in [-0.2, 0) is 18.4 Å². The van der Waals surface area contributed by atoms with Crippen LogP contribution in [0.2, 0.25) is 0 Å². The summed E-state index contributed by atoms with van der Waals surface area (Å²) >= 11 is 3.51. The van der Waals surface area contributed by atoms with Gasteiger partial charge in [-0.15, -0.1) is 22.7 Å². The predicted molar refractivity (Wildman–Crippen MR) is 106 cm³/mol. The smallest absolute Gasteiger partial charge is 0.191 e. The zero-order valence-electron chi connectivity index (χ0n) is 15.3. The second-order valence-corrected chi connectivity index (χ2v) is 8.72. The molecule has 132 valence electrons. The second-order valence-electron chi connectivity index (χ2n) is 6.78.